The van der Waals surface area contributed by atoms with Gasteiger partial charge in [0, 0.05) is 33.5 Å². The number of nitrogens with one attached hydrogen (secondary N) is 2. The van der Waals surface area contributed by atoms with E-state index in [0.717, 1.165) is 27.5 Å². The second-order valence-electron chi connectivity index (χ2n) is 7.75. The number of aromatic nitrogens is 2. The molecule has 0 saturated carbocycles. The Morgan fingerprint density at radius 1 is 1.20 bits per heavy atom. The number of carbonyl (C=O) groups excluding carboxylic acids is 1. The highest BCUT2D eigenvalue weighted by molar-refractivity contribution is 5.98. The third kappa shape index (κ3) is 3.12. The molecule has 0 spiro atoms. The van der Waals surface area contributed by atoms with Crippen molar-refractivity contribution in [3.05, 3.63) is 71.3 Å². The minimum atomic E-state index is -0.937. The van der Waals surface area contributed by atoms with Crippen molar-refractivity contribution >= 4 is 33.7 Å². The number of amides is 1. The second-order valence-corrected chi connectivity index (χ2v) is 7.75. The molecule has 0 bridgehead atoms. The number of fused-ring (bicyclic) bond motifs is 4. The molecule has 0 saturated heterocycles. The molecule has 2 heterocycles. The first kappa shape index (κ1) is 18.4. The van der Waals surface area contributed by atoms with E-state index in [0.29, 0.717) is 30.5 Å². The Morgan fingerprint density at radius 3 is 2.83 bits per heavy atom. The molecule has 1 amide bonds. The number of nitrogens with zero attached hydrogens (tertiary/aromatic N) is 1. The van der Waals surface area contributed by atoms with Gasteiger partial charge >= 0.3 is 5.97 Å². The highest BCUT2D eigenvalue weighted by atomic mass is 19.1. The molecule has 1 aliphatic carbocycles. The molecule has 1 aliphatic rings. The molecule has 4 aromatic rings. The van der Waals surface area contributed by atoms with Crippen molar-refractivity contribution in [2.45, 2.75) is 31.8 Å². The van der Waals surface area contributed by atoms with Crippen LogP contribution in [-0.2, 0) is 24.2 Å². The summed E-state index contributed by atoms with van der Waals surface area (Å²) in [4.78, 5) is 27.3. The Kier molecular flexibility index (Phi) is 4.31. The van der Waals surface area contributed by atoms with Gasteiger partial charge in [0.15, 0.2) is 0 Å². The van der Waals surface area contributed by atoms with Crippen molar-refractivity contribution in [2.24, 2.45) is 0 Å². The number of aliphatic carboxylic acids is 1. The van der Waals surface area contributed by atoms with Crippen molar-refractivity contribution in [3.63, 3.8) is 0 Å². The zero-order valence-electron chi connectivity index (χ0n) is 16.1. The molecule has 0 radical (unpaired) electrons. The number of carboxylic acid groups (broad SMARTS) is 1. The SMILES string of the molecule is O=C(O)Cn1c2c(c3cc(F)ccc31)CC(NC(=O)c1cc3ccccc3[nH]1)CC2. The maximum Gasteiger partial charge on any atom is 0.323 e. The van der Waals surface area contributed by atoms with Gasteiger partial charge in [0.2, 0.25) is 0 Å². The van der Waals surface area contributed by atoms with Crippen LogP contribution in [0.5, 0.6) is 0 Å². The normalized spacial score (nSPS) is 16.0. The average Bonchev–Trinajstić information content (AvgIpc) is 3.28. The fraction of sp³-hybridized carbons (Fsp3) is 0.217. The van der Waals surface area contributed by atoms with Crippen LogP contribution in [0.2, 0.25) is 0 Å². The molecule has 1 unspecified atom stereocenters. The Labute approximate surface area is 171 Å². The Balaban J connectivity index is 1.44. The van der Waals surface area contributed by atoms with Crippen molar-refractivity contribution in [1.82, 2.24) is 14.9 Å². The third-order valence-corrected chi connectivity index (χ3v) is 5.83. The zero-order valence-corrected chi connectivity index (χ0v) is 16.1. The van der Waals surface area contributed by atoms with Gasteiger partial charge < -0.3 is 20.0 Å². The van der Waals surface area contributed by atoms with E-state index in [4.69, 9.17) is 0 Å². The van der Waals surface area contributed by atoms with Crippen LogP contribution in [0.4, 0.5) is 4.39 Å². The first-order valence-corrected chi connectivity index (χ1v) is 9.89. The molecule has 1 atom stereocenters. The first-order valence-electron chi connectivity index (χ1n) is 9.89. The lowest BCUT2D eigenvalue weighted by molar-refractivity contribution is -0.137. The van der Waals surface area contributed by atoms with Gasteiger partial charge in [0.1, 0.15) is 18.1 Å². The van der Waals surface area contributed by atoms with Crippen molar-refractivity contribution in [2.75, 3.05) is 0 Å². The van der Waals surface area contributed by atoms with Crippen molar-refractivity contribution in [1.29, 1.82) is 0 Å². The topological polar surface area (TPSA) is 87.1 Å². The summed E-state index contributed by atoms with van der Waals surface area (Å²) in [6, 6.07) is 13.9. The lowest BCUT2D eigenvalue weighted by atomic mass is 9.91. The molecular formula is C23H20FN3O3. The Hall–Kier alpha value is -3.61. The van der Waals surface area contributed by atoms with Gasteiger partial charge in [-0.2, -0.15) is 0 Å². The summed E-state index contributed by atoms with van der Waals surface area (Å²) in [7, 11) is 0. The quantitative estimate of drug-likeness (QED) is 0.485. The summed E-state index contributed by atoms with van der Waals surface area (Å²) in [6.45, 7) is -0.163. The Bertz CT molecular complexity index is 1270. The fourth-order valence-electron chi connectivity index (χ4n) is 4.52. The largest absolute Gasteiger partial charge is 0.480 e. The smallest absolute Gasteiger partial charge is 0.323 e. The van der Waals surface area contributed by atoms with Crippen molar-refractivity contribution in [3.8, 4) is 0 Å². The van der Waals surface area contributed by atoms with Gasteiger partial charge in [-0.15, -0.1) is 0 Å². The fourth-order valence-corrected chi connectivity index (χ4v) is 4.52. The summed E-state index contributed by atoms with van der Waals surface area (Å²) in [5.41, 5.74) is 3.95. The molecule has 152 valence electrons. The number of carbonyl (C=O) groups is 2. The maximum absolute atomic E-state index is 13.9. The van der Waals surface area contributed by atoms with Crippen LogP contribution in [-0.4, -0.2) is 32.6 Å². The minimum absolute atomic E-state index is 0.108. The summed E-state index contributed by atoms with van der Waals surface area (Å²) in [5.74, 6) is -1.48. The molecule has 6 nitrogen and oxygen atoms in total. The predicted octanol–water partition coefficient (Wildman–Crippen LogP) is 3.63. The molecule has 7 heteroatoms. The lowest BCUT2D eigenvalue weighted by Crippen LogP contribution is -2.39. The van der Waals surface area contributed by atoms with Gasteiger partial charge in [0.25, 0.3) is 5.91 Å². The second kappa shape index (κ2) is 7.02. The van der Waals surface area contributed by atoms with Crippen LogP contribution < -0.4 is 5.32 Å². The summed E-state index contributed by atoms with van der Waals surface area (Å²) in [6.07, 6.45) is 1.85. The van der Waals surface area contributed by atoms with Crippen LogP contribution >= 0.6 is 0 Å². The van der Waals surface area contributed by atoms with E-state index in [1.54, 1.807) is 10.6 Å². The molecule has 0 aliphatic heterocycles. The number of aromatic amines is 1. The van der Waals surface area contributed by atoms with Gasteiger partial charge in [-0.1, -0.05) is 18.2 Å². The number of H-pyrrole nitrogens is 1. The molecular weight excluding hydrogens is 385 g/mol. The minimum Gasteiger partial charge on any atom is -0.480 e. The van der Waals surface area contributed by atoms with Crippen LogP contribution in [0.3, 0.4) is 0 Å². The average molecular weight is 405 g/mol. The summed E-state index contributed by atoms with van der Waals surface area (Å²) >= 11 is 0. The standard InChI is InChI=1S/C23H20FN3O3/c24-14-5-7-20-16(10-14)17-11-15(6-8-21(17)27(20)12-22(28)29)25-23(30)19-9-13-3-1-2-4-18(13)26-19/h1-5,7,9-10,15,26H,6,8,11-12H2,(H,25,30)(H,28,29). The Morgan fingerprint density at radius 2 is 2.03 bits per heavy atom. The number of carboxylic acids is 1. The van der Waals surface area contributed by atoms with Gasteiger partial charge in [-0.05, 0) is 55.2 Å². The lowest BCUT2D eigenvalue weighted by Gasteiger charge is -2.24. The molecule has 2 aromatic carbocycles. The number of para-hydroxylation sites is 1. The van der Waals surface area contributed by atoms with Gasteiger partial charge in [0.05, 0.1) is 0 Å². The summed E-state index contributed by atoms with van der Waals surface area (Å²) in [5, 5.41) is 14.1. The van der Waals surface area contributed by atoms with E-state index in [9.17, 15) is 19.1 Å². The van der Waals surface area contributed by atoms with Crippen LogP contribution in [0.15, 0.2) is 48.5 Å². The van der Waals surface area contributed by atoms with E-state index in [1.807, 2.05) is 30.3 Å². The van der Waals surface area contributed by atoms with E-state index >= 15 is 0 Å². The highest BCUT2D eigenvalue weighted by Crippen LogP contribution is 2.33. The number of hydrogen-bond donors (Lipinski definition) is 3. The third-order valence-electron chi connectivity index (χ3n) is 5.83. The summed E-state index contributed by atoms with van der Waals surface area (Å²) < 4.78 is 15.7. The predicted molar refractivity (Wildman–Crippen MR) is 111 cm³/mol. The molecule has 2 aromatic heterocycles. The molecule has 3 N–H and O–H groups in total. The molecule has 30 heavy (non-hydrogen) atoms. The van der Waals surface area contributed by atoms with E-state index in [-0.39, 0.29) is 24.3 Å². The first-order chi connectivity index (χ1) is 14.5. The van der Waals surface area contributed by atoms with Gasteiger partial charge in [-0.25, -0.2) is 4.39 Å². The molecule has 5 rings (SSSR count). The number of halogens is 1. The highest BCUT2D eigenvalue weighted by Gasteiger charge is 2.27. The van der Waals surface area contributed by atoms with Crippen LogP contribution in [0.25, 0.3) is 21.8 Å². The van der Waals surface area contributed by atoms with E-state index in [2.05, 4.69) is 10.3 Å². The zero-order chi connectivity index (χ0) is 20.8. The number of rotatable bonds is 4. The van der Waals surface area contributed by atoms with Crippen molar-refractivity contribution < 1.29 is 19.1 Å². The number of benzene rings is 2. The molecule has 0 fully saturated rings. The maximum atomic E-state index is 13.9. The van der Waals surface area contributed by atoms with Crippen LogP contribution in [0.1, 0.15) is 28.2 Å². The van der Waals surface area contributed by atoms with Crippen LogP contribution in [0, 0.1) is 5.82 Å². The monoisotopic (exact) mass is 405 g/mol. The van der Waals surface area contributed by atoms with Gasteiger partial charge in [-0.3, -0.25) is 9.59 Å². The number of hydrogen-bond acceptors (Lipinski definition) is 2. The van der Waals surface area contributed by atoms with E-state index < -0.39 is 5.97 Å². The van der Waals surface area contributed by atoms with E-state index in [1.165, 1.54) is 12.1 Å².